The number of fused-ring (bicyclic) bond motifs is 1. The second kappa shape index (κ2) is 7.89. The van der Waals surface area contributed by atoms with Gasteiger partial charge in [0.1, 0.15) is 17.4 Å². The van der Waals surface area contributed by atoms with Gasteiger partial charge in [-0.1, -0.05) is 6.92 Å². The Hall–Kier alpha value is -2.83. The number of hydrogen-bond donors (Lipinski definition) is 2. The molecule has 0 saturated heterocycles. The van der Waals surface area contributed by atoms with Gasteiger partial charge in [-0.2, -0.15) is 5.10 Å². The molecule has 1 aromatic carbocycles. The lowest BCUT2D eigenvalue weighted by atomic mass is 9.96. The number of methoxy groups -OCH3 is 1. The van der Waals surface area contributed by atoms with E-state index >= 15 is 0 Å². The van der Waals surface area contributed by atoms with Crippen molar-refractivity contribution in [1.29, 1.82) is 0 Å². The van der Waals surface area contributed by atoms with Crippen LogP contribution in [0.2, 0.25) is 0 Å². The van der Waals surface area contributed by atoms with Crippen LogP contribution in [-0.2, 0) is 11.3 Å². The van der Waals surface area contributed by atoms with Crippen molar-refractivity contribution in [2.45, 2.75) is 58.5 Å². The minimum absolute atomic E-state index is 0.0869. The molecule has 7 nitrogen and oxygen atoms in total. The first-order valence-electron chi connectivity index (χ1n) is 10.3. The fraction of sp³-hybridized carbons (Fsp3) is 0.500. The van der Waals surface area contributed by atoms with E-state index < -0.39 is 0 Å². The maximum absolute atomic E-state index is 12.7. The van der Waals surface area contributed by atoms with Gasteiger partial charge in [0.25, 0.3) is 0 Å². The predicted molar refractivity (Wildman–Crippen MR) is 112 cm³/mol. The quantitative estimate of drug-likeness (QED) is 0.669. The number of hydrogen-bond acceptors (Lipinski definition) is 4. The molecule has 1 unspecified atom stereocenters. The minimum atomic E-state index is -0.147. The summed E-state index contributed by atoms with van der Waals surface area (Å²) in [6.45, 7) is 6.29. The zero-order valence-corrected chi connectivity index (χ0v) is 17.5. The molecule has 4 rings (SSSR count). The van der Waals surface area contributed by atoms with Gasteiger partial charge in [-0.05, 0) is 62.8 Å². The summed E-state index contributed by atoms with van der Waals surface area (Å²) < 4.78 is 7.20. The highest BCUT2D eigenvalue weighted by molar-refractivity contribution is 5.85. The van der Waals surface area contributed by atoms with E-state index in [9.17, 15) is 4.79 Å². The number of aromatic nitrogens is 4. The number of ether oxygens (including phenoxy) is 1. The Balaban J connectivity index is 1.38. The van der Waals surface area contributed by atoms with Crippen LogP contribution in [0.4, 0.5) is 0 Å². The van der Waals surface area contributed by atoms with Crippen molar-refractivity contribution in [1.82, 2.24) is 25.1 Å². The van der Waals surface area contributed by atoms with E-state index in [1.54, 1.807) is 7.11 Å². The van der Waals surface area contributed by atoms with Crippen LogP contribution in [0.1, 0.15) is 49.3 Å². The zero-order valence-electron chi connectivity index (χ0n) is 17.5. The second-order valence-electron chi connectivity index (χ2n) is 8.16. The molecular formula is C22H29N5O2. The van der Waals surface area contributed by atoms with Crippen LogP contribution in [0.3, 0.4) is 0 Å². The minimum Gasteiger partial charge on any atom is -0.497 e. The Bertz CT molecular complexity index is 1020. The summed E-state index contributed by atoms with van der Waals surface area (Å²) in [6, 6.07) is 6.34. The molecule has 1 aliphatic carbocycles. The Kier molecular flexibility index (Phi) is 5.30. The van der Waals surface area contributed by atoms with Gasteiger partial charge in [-0.3, -0.25) is 4.79 Å². The van der Waals surface area contributed by atoms with E-state index in [0.29, 0.717) is 12.5 Å². The molecule has 3 atom stereocenters. The van der Waals surface area contributed by atoms with E-state index in [1.807, 2.05) is 31.5 Å². The monoisotopic (exact) mass is 395 g/mol. The summed E-state index contributed by atoms with van der Waals surface area (Å²) in [5, 5.41) is 8.83. The van der Waals surface area contributed by atoms with Crippen molar-refractivity contribution in [3.05, 3.63) is 41.6 Å². The van der Waals surface area contributed by atoms with E-state index in [1.165, 1.54) is 10.9 Å². The van der Waals surface area contributed by atoms with Gasteiger partial charge < -0.3 is 15.0 Å². The molecule has 29 heavy (non-hydrogen) atoms. The van der Waals surface area contributed by atoms with Crippen LogP contribution in [-0.4, -0.2) is 38.8 Å². The third-order valence-electron chi connectivity index (χ3n) is 6.00. The number of amides is 1. The lowest BCUT2D eigenvalue weighted by Crippen LogP contribution is -2.38. The van der Waals surface area contributed by atoms with Gasteiger partial charge in [-0.25, -0.2) is 9.67 Å². The summed E-state index contributed by atoms with van der Waals surface area (Å²) in [6.07, 6.45) is 5.15. The van der Waals surface area contributed by atoms with Gasteiger partial charge in [0.15, 0.2) is 0 Å². The molecule has 1 saturated carbocycles. The van der Waals surface area contributed by atoms with Crippen molar-refractivity contribution >= 4 is 16.8 Å². The number of carbonyl (C=O) groups is 1. The van der Waals surface area contributed by atoms with Gasteiger partial charge >= 0.3 is 0 Å². The third-order valence-corrected chi connectivity index (χ3v) is 6.00. The number of H-pyrrole nitrogens is 1. The number of aromatic amines is 1. The highest BCUT2D eigenvalue weighted by atomic mass is 16.5. The van der Waals surface area contributed by atoms with Crippen molar-refractivity contribution in [2.24, 2.45) is 5.92 Å². The number of benzene rings is 1. The SMILES string of the molecule is COc1ccc2[nH]cc([C@H]3CC[C@@H](NC(=O)C(C)Cn4nc(C)nc4C)C3)c2c1. The molecular weight excluding hydrogens is 366 g/mol. The lowest BCUT2D eigenvalue weighted by molar-refractivity contribution is -0.125. The fourth-order valence-corrected chi connectivity index (χ4v) is 4.40. The highest BCUT2D eigenvalue weighted by Gasteiger charge is 2.30. The Labute approximate surface area is 170 Å². The van der Waals surface area contributed by atoms with E-state index in [0.717, 1.165) is 42.2 Å². The van der Waals surface area contributed by atoms with Crippen molar-refractivity contribution in [3.8, 4) is 5.75 Å². The highest BCUT2D eigenvalue weighted by Crippen LogP contribution is 2.39. The topological polar surface area (TPSA) is 84.8 Å². The van der Waals surface area contributed by atoms with Crippen LogP contribution in [0.25, 0.3) is 10.9 Å². The van der Waals surface area contributed by atoms with E-state index in [-0.39, 0.29) is 17.9 Å². The first kappa shape index (κ1) is 19.5. The van der Waals surface area contributed by atoms with E-state index in [4.69, 9.17) is 4.74 Å². The Morgan fingerprint density at radius 3 is 2.93 bits per heavy atom. The smallest absolute Gasteiger partial charge is 0.224 e. The molecule has 7 heteroatoms. The van der Waals surface area contributed by atoms with E-state index in [2.05, 4.69) is 38.7 Å². The molecule has 2 N–H and O–H groups in total. The molecule has 2 heterocycles. The first-order chi connectivity index (χ1) is 13.9. The maximum Gasteiger partial charge on any atom is 0.224 e. The van der Waals surface area contributed by atoms with Crippen LogP contribution in [0.5, 0.6) is 5.75 Å². The average Bonchev–Trinajstić information content (AvgIpc) is 3.40. The predicted octanol–water partition coefficient (Wildman–Crippen LogP) is 3.47. The van der Waals surface area contributed by atoms with Gasteiger partial charge in [-0.15, -0.1) is 0 Å². The maximum atomic E-state index is 12.7. The van der Waals surface area contributed by atoms with Gasteiger partial charge in [0.2, 0.25) is 5.91 Å². The molecule has 1 aliphatic rings. The summed E-state index contributed by atoms with van der Waals surface area (Å²) in [5.41, 5.74) is 2.44. The normalized spacial score (nSPS) is 20.1. The van der Waals surface area contributed by atoms with Gasteiger partial charge in [0, 0.05) is 23.1 Å². The molecule has 2 aromatic heterocycles. The molecule has 154 valence electrons. The van der Waals surface area contributed by atoms with Crippen LogP contribution >= 0.6 is 0 Å². The van der Waals surface area contributed by atoms with Crippen molar-refractivity contribution in [3.63, 3.8) is 0 Å². The number of nitrogens with zero attached hydrogens (tertiary/aromatic N) is 3. The number of rotatable bonds is 6. The molecule has 0 bridgehead atoms. The standard InChI is InChI=1S/C22H29N5O2/c1-13(12-27-15(3)24-14(2)26-27)22(28)25-17-6-5-16(9-17)20-11-23-21-8-7-18(29-4)10-19(20)21/h7-8,10-11,13,16-17,23H,5-6,9,12H2,1-4H3,(H,25,28)/t13?,16-,17+/m0/s1. The number of carbonyl (C=O) groups excluding carboxylic acids is 1. The summed E-state index contributed by atoms with van der Waals surface area (Å²) >= 11 is 0. The number of nitrogens with one attached hydrogen (secondary N) is 2. The Morgan fingerprint density at radius 1 is 1.38 bits per heavy atom. The number of aryl methyl sites for hydroxylation is 2. The van der Waals surface area contributed by atoms with Crippen LogP contribution in [0, 0.1) is 19.8 Å². The zero-order chi connectivity index (χ0) is 20.5. The largest absolute Gasteiger partial charge is 0.497 e. The van der Waals surface area contributed by atoms with Crippen LogP contribution in [0.15, 0.2) is 24.4 Å². The van der Waals surface area contributed by atoms with Crippen LogP contribution < -0.4 is 10.1 Å². The fourth-order valence-electron chi connectivity index (χ4n) is 4.40. The summed E-state index contributed by atoms with van der Waals surface area (Å²) in [5.74, 6) is 2.84. The first-order valence-corrected chi connectivity index (χ1v) is 10.3. The Morgan fingerprint density at radius 2 is 2.21 bits per heavy atom. The lowest BCUT2D eigenvalue weighted by Gasteiger charge is -2.17. The molecule has 0 radical (unpaired) electrons. The second-order valence-corrected chi connectivity index (χ2v) is 8.16. The molecule has 3 aromatic rings. The summed E-state index contributed by atoms with van der Waals surface area (Å²) in [4.78, 5) is 20.4. The molecule has 1 fully saturated rings. The molecule has 0 spiro atoms. The van der Waals surface area contributed by atoms with Gasteiger partial charge in [0.05, 0.1) is 19.6 Å². The third kappa shape index (κ3) is 3.99. The molecule has 1 amide bonds. The summed E-state index contributed by atoms with van der Waals surface area (Å²) in [7, 11) is 1.69. The molecule has 0 aliphatic heterocycles. The average molecular weight is 396 g/mol. The van der Waals surface area contributed by atoms with Crippen molar-refractivity contribution < 1.29 is 9.53 Å². The van der Waals surface area contributed by atoms with Crippen molar-refractivity contribution in [2.75, 3.05) is 7.11 Å².